The molecular weight excluding hydrogens is 152 g/mol. The summed E-state index contributed by atoms with van der Waals surface area (Å²) in [6.45, 7) is 4.07. The molecule has 3 heteroatoms. The molecule has 0 amide bonds. The molecule has 0 bridgehead atoms. The van der Waals surface area contributed by atoms with Crippen LogP contribution in [-0.2, 0) is 0 Å². The van der Waals surface area contributed by atoms with Gasteiger partial charge in [-0.2, -0.15) is 0 Å². The fourth-order valence-electron chi connectivity index (χ4n) is 1.01. The molecular formula is C9H14N2O. The highest BCUT2D eigenvalue weighted by Gasteiger charge is 2.10. The summed E-state index contributed by atoms with van der Waals surface area (Å²) in [5.41, 5.74) is 6.74. The Balaban J connectivity index is 2.88. The van der Waals surface area contributed by atoms with Crippen molar-refractivity contribution in [1.29, 1.82) is 0 Å². The van der Waals surface area contributed by atoms with E-state index >= 15 is 0 Å². The van der Waals surface area contributed by atoms with Crippen LogP contribution in [0.1, 0.15) is 25.5 Å². The topological polar surface area (TPSA) is 59.1 Å². The SMILES string of the molecule is CC(C)[C@@H](N)c1cncc(O)c1. The summed E-state index contributed by atoms with van der Waals surface area (Å²) in [4.78, 5) is 3.86. The molecule has 12 heavy (non-hydrogen) atoms. The molecule has 0 aliphatic heterocycles. The lowest BCUT2D eigenvalue weighted by molar-refractivity contribution is 0.465. The minimum absolute atomic E-state index is 0.0513. The van der Waals surface area contributed by atoms with Crippen molar-refractivity contribution in [2.45, 2.75) is 19.9 Å². The van der Waals surface area contributed by atoms with Crippen LogP contribution in [0.15, 0.2) is 18.5 Å². The van der Waals surface area contributed by atoms with Crippen molar-refractivity contribution in [3.63, 3.8) is 0 Å². The average molecular weight is 166 g/mol. The lowest BCUT2D eigenvalue weighted by Gasteiger charge is -2.15. The zero-order chi connectivity index (χ0) is 9.14. The van der Waals surface area contributed by atoms with Gasteiger partial charge in [0.1, 0.15) is 5.75 Å². The van der Waals surface area contributed by atoms with Crippen LogP contribution in [0.2, 0.25) is 0 Å². The normalized spacial score (nSPS) is 13.3. The van der Waals surface area contributed by atoms with Crippen molar-refractivity contribution in [3.8, 4) is 5.75 Å². The smallest absolute Gasteiger partial charge is 0.134 e. The van der Waals surface area contributed by atoms with Gasteiger partial charge >= 0.3 is 0 Å². The van der Waals surface area contributed by atoms with Crippen LogP contribution in [0, 0.1) is 5.92 Å². The van der Waals surface area contributed by atoms with Crippen molar-refractivity contribution in [2.75, 3.05) is 0 Å². The molecule has 0 saturated heterocycles. The highest BCUT2D eigenvalue weighted by atomic mass is 16.3. The second-order valence-electron chi connectivity index (χ2n) is 3.25. The summed E-state index contributed by atoms with van der Waals surface area (Å²) in [5, 5.41) is 9.13. The van der Waals surface area contributed by atoms with E-state index in [1.54, 1.807) is 12.3 Å². The Morgan fingerprint density at radius 2 is 2.08 bits per heavy atom. The number of nitrogens with two attached hydrogens (primary N) is 1. The molecule has 0 fully saturated rings. The Bertz CT molecular complexity index is 260. The summed E-state index contributed by atoms with van der Waals surface area (Å²) in [6, 6.07) is 1.60. The van der Waals surface area contributed by atoms with Crippen LogP contribution >= 0.6 is 0 Å². The summed E-state index contributed by atoms with van der Waals surface area (Å²) in [5.74, 6) is 0.525. The molecule has 1 rings (SSSR count). The number of pyridine rings is 1. The summed E-state index contributed by atoms with van der Waals surface area (Å²) >= 11 is 0. The van der Waals surface area contributed by atoms with Crippen molar-refractivity contribution in [3.05, 3.63) is 24.0 Å². The van der Waals surface area contributed by atoms with Crippen molar-refractivity contribution in [1.82, 2.24) is 4.98 Å². The highest BCUT2D eigenvalue weighted by molar-refractivity contribution is 5.24. The van der Waals surface area contributed by atoms with E-state index in [1.165, 1.54) is 6.20 Å². The second-order valence-corrected chi connectivity index (χ2v) is 3.25. The lowest BCUT2D eigenvalue weighted by Crippen LogP contribution is -2.16. The van der Waals surface area contributed by atoms with Gasteiger partial charge in [-0.25, -0.2) is 0 Å². The molecule has 0 radical (unpaired) electrons. The monoisotopic (exact) mass is 166 g/mol. The molecule has 0 unspecified atom stereocenters. The van der Waals surface area contributed by atoms with Gasteiger partial charge in [0.25, 0.3) is 0 Å². The third-order valence-corrected chi connectivity index (χ3v) is 1.85. The number of aromatic nitrogens is 1. The molecule has 1 heterocycles. The fourth-order valence-corrected chi connectivity index (χ4v) is 1.01. The van der Waals surface area contributed by atoms with E-state index in [4.69, 9.17) is 10.8 Å². The van der Waals surface area contributed by atoms with E-state index in [2.05, 4.69) is 4.98 Å². The standard InChI is InChI=1S/C9H14N2O/c1-6(2)9(10)7-3-8(12)5-11-4-7/h3-6,9,12H,10H2,1-2H3/t9-/m1/s1. The Hall–Kier alpha value is -1.09. The quantitative estimate of drug-likeness (QED) is 0.699. The third-order valence-electron chi connectivity index (χ3n) is 1.85. The molecule has 3 nitrogen and oxygen atoms in total. The first-order valence-corrected chi connectivity index (χ1v) is 4.00. The van der Waals surface area contributed by atoms with E-state index in [9.17, 15) is 0 Å². The molecule has 0 aliphatic rings. The van der Waals surface area contributed by atoms with Crippen LogP contribution in [0.4, 0.5) is 0 Å². The zero-order valence-electron chi connectivity index (χ0n) is 7.36. The van der Waals surface area contributed by atoms with Crippen LogP contribution < -0.4 is 5.73 Å². The predicted molar refractivity (Wildman–Crippen MR) is 47.7 cm³/mol. The Kier molecular flexibility index (Phi) is 2.65. The van der Waals surface area contributed by atoms with Crippen LogP contribution in [0.5, 0.6) is 5.75 Å². The van der Waals surface area contributed by atoms with Gasteiger partial charge in [0, 0.05) is 12.2 Å². The van der Waals surface area contributed by atoms with E-state index in [0.29, 0.717) is 5.92 Å². The summed E-state index contributed by atoms with van der Waals surface area (Å²) in [7, 11) is 0. The van der Waals surface area contributed by atoms with Gasteiger partial charge in [0.15, 0.2) is 0 Å². The maximum absolute atomic E-state index is 9.13. The number of hydrogen-bond donors (Lipinski definition) is 2. The van der Waals surface area contributed by atoms with Gasteiger partial charge in [0.05, 0.1) is 6.20 Å². The van der Waals surface area contributed by atoms with Crippen LogP contribution in [-0.4, -0.2) is 10.1 Å². The Morgan fingerprint density at radius 3 is 2.58 bits per heavy atom. The zero-order valence-corrected chi connectivity index (χ0v) is 7.36. The molecule has 66 valence electrons. The summed E-state index contributed by atoms with van der Waals surface area (Å²) in [6.07, 6.45) is 3.08. The van der Waals surface area contributed by atoms with Gasteiger partial charge in [-0.15, -0.1) is 0 Å². The molecule has 0 spiro atoms. The van der Waals surface area contributed by atoms with Gasteiger partial charge < -0.3 is 10.8 Å². The molecule has 0 aromatic carbocycles. The van der Waals surface area contributed by atoms with E-state index < -0.39 is 0 Å². The molecule has 0 saturated carbocycles. The minimum Gasteiger partial charge on any atom is -0.506 e. The van der Waals surface area contributed by atoms with E-state index in [0.717, 1.165) is 5.56 Å². The highest BCUT2D eigenvalue weighted by Crippen LogP contribution is 2.20. The van der Waals surface area contributed by atoms with Gasteiger partial charge in [-0.05, 0) is 17.5 Å². The van der Waals surface area contributed by atoms with Crippen LogP contribution in [0.3, 0.4) is 0 Å². The fraction of sp³-hybridized carbons (Fsp3) is 0.444. The first-order chi connectivity index (χ1) is 5.61. The number of rotatable bonds is 2. The molecule has 0 aliphatic carbocycles. The van der Waals surface area contributed by atoms with Crippen molar-refractivity contribution < 1.29 is 5.11 Å². The van der Waals surface area contributed by atoms with Crippen molar-refractivity contribution in [2.24, 2.45) is 11.7 Å². The van der Waals surface area contributed by atoms with Gasteiger partial charge in [-0.1, -0.05) is 13.8 Å². The third kappa shape index (κ3) is 1.95. The first kappa shape index (κ1) is 9.00. The molecule has 1 aromatic rings. The lowest BCUT2D eigenvalue weighted by atomic mass is 9.99. The van der Waals surface area contributed by atoms with Gasteiger partial charge in [-0.3, -0.25) is 4.98 Å². The van der Waals surface area contributed by atoms with Crippen LogP contribution in [0.25, 0.3) is 0 Å². The Morgan fingerprint density at radius 1 is 1.42 bits per heavy atom. The number of aromatic hydroxyl groups is 1. The first-order valence-electron chi connectivity index (χ1n) is 4.00. The van der Waals surface area contributed by atoms with Gasteiger partial charge in [0.2, 0.25) is 0 Å². The predicted octanol–water partition coefficient (Wildman–Crippen LogP) is 1.44. The molecule has 1 aromatic heterocycles. The average Bonchev–Trinajstić information content (AvgIpc) is 2.03. The maximum atomic E-state index is 9.13. The maximum Gasteiger partial charge on any atom is 0.134 e. The largest absolute Gasteiger partial charge is 0.506 e. The number of nitrogens with zero attached hydrogens (tertiary/aromatic N) is 1. The second kappa shape index (κ2) is 3.54. The van der Waals surface area contributed by atoms with E-state index in [-0.39, 0.29) is 11.8 Å². The molecule has 3 N–H and O–H groups in total. The Labute approximate surface area is 72.2 Å². The molecule has 1 atom stereocenters. The number of hydrogen-bond acceptors (Lipinski definition) is 3. The summed E-state index contributed by atoms with van der Waals surface area (Å²) < 4.78 is 0. The van der Waals surface area contributed by atoms with Crippen molar-refractivity contribution >= 4 is 0 Å². The minimum atomic E-state index is -0.0513. The van der Waals surface area contributed by atoms with E-state index in [1.807, 2.05) is 13.8 Å².